The smallest absolute Gasteiger partial charge is 0.0746 e. The maximum atomic E-state index is 9.18. The lowest BCUT2D eigenvalue weighted by atomic mass is 9.93. The summed E-state index contributed by atoms with van der Waals surface area (Å²) in [5.74, 6) is 0.538. The molecule has 0 atom stereocenters. The Labute approximate surface area is 147 Å². The lowest BCUT2D eigenvalue weighted by Crippen LogP contribution is -2.33. The molecule has 5 heteroatoms. The van der Waals surface area contributed by atoms with Gasteiger partial charge >= 0.3 is 0 Å². The van der Waals surface area contributed by atoms with Gasteiger partial charge in [0.15, 0.2) is 0 Å². The summed E-state index contributed by atoms with van der Waals surface area (Å²) in [5, 5.41) is 14.7. The molecule has 0 unspecified atom stereocenters. The van der Waals surface area contributed by atoms with Gasteiger partial charge in [0, 0.05) is 35.9 Å². The number of para-hydroxylation sites is 1. The van der Waals surface area contributed by atoms with Crippen LogP contribution in [-0.4, -0.2) is 44.5 Å². The molecule has 25 heavy (non-hydrogen) atoms. The fraction of sp³-hybridized carbons (Fsp3) is 0.400. The SMILES string of the molecule is OCCn1nccc1C1CCN(Cc2cccc3cccnc23)CC1. The van der Waals surface area contributed by atoms with Gasteiger partial charge in [-0.15, -0.1) is 0 Å². The largest absolute Gasteiger partial charge is 0.394 e. The molecule has 0 spiro atoms. The molecule has 3 heterocycles. The second-order valence-corrected chi connectivity index (χ2v) is 6.75. The third kappa shape index (κ3) is 3.43. The maximum Gasteiger partial charge on any atom is 0.0746 e. The number of rotatable bonds is 5. The number of hydrogen-bond donors (Lipinski definition) is 1. The number of likely N-dealkylation sites (tertiary alicyclic amines) is 1. The van der Waals surface area contributed by atoms with E-state index in [-0.39, 0.29) is 6.61 Å². The molecule has 1 saturated heterocycles. The van der Waals surface area contributed by atoms with Crippen LogP contribution in [0.3, 0.4) is 0 Å². The number of benzene rings is 1. The monoisotopic (exact) mass is 336 g/mol. The Balaban J connectivity index is 1.43. The van der Waals surface area contributed by atoms with Crippen molar-refractivity contribution in [1.29, 1.82) is 0 Å². The summed E-state index contributed by atoms with van der Waals surface area (Å²) in [6.45, 7) is 3.85. The van der Waals surface area contributed by atoms with E-state index in [1.54, 1.807) is 0 Å². The maximum absolute atomic E-state index is 9.18. The number of fused-ring (bicyclic) bond motifs is 1. The minimum absolute atomic E-state index is 0.140. The first-order valence-electron chi connectivity index (χ1n) is 9.02. The van der Waals surface area contributed by atoms with Gasteiger partial charge in [0.2, 0.25) is 0 Å². The Kier molecular flexibility index (Phi) is 4.76. The Hall–Kier alpha value is -2.24. The Bertz CT molecular complexity index is 831. The summed E-state index contributed by atoms with van der Waals surface area (Å²) < 4.78 is 1.95. The van der Waals surface area contributed by atoms with E-state index in [1.165, 1.54) is 16.6 Å². The number of aliphatic hydroxyl groups is 1. The van der Waals surface area contributed by atoms with Crippen molar-refractivity contribution in [1.82, 2.24) is 19.7 Å². The normalized spacial score (nSPS) is 16.5. The molecule has 4 rings (SSSR count). The molecule has 0 aliphatic carbocycles. The highest BCUT2D eigenvalue weighted by Crippen LogP contribution is 2.29. The fourth-order valence-corrected chi connectivity index (χ4v) is 3.89. The third-order valence-electron chi connectivity index (χ3n) is 5.18. The minimum atomic E-state index is 0.140. The highest BCUT2D eigenvalue weighted by molar-refractivity contribution is 5.81. The van der Waals surface area contributed by atoms with E-state index in [1.807, 2.05) is 23.1 Å². The molecule has 0 radical (unpaired) electrons. The highest BCUT2D eigenvalue weighted by atomic mass is 16.3. The van der Waals surface area contributed by atoms with Crippen molar-refractivity contribution in [3.05, 3.63) is 60.0 Å². The molecular formula is C20H24N4O. The molecule has 0 saturated carbocycles. The molecule has 3 aromatic rings. The van der Waals surface area contributed by atoms with Gasteiger partial charge in [-0.25, -0.2) is 0 Å². The van der Waals surface area contributed by atoms with E-state index in [0.717, 1.165) is 38.0 Å². The standard InChI is InChI=1S/C20H24N4O/c25-14-13-24-19(6-10-22-24)16-7-11-23(12-8-16)15-18-4-1-3-17-5-2-9-21-20(17)18/h1-6,9-10,16,25H,7-8,11-15H2. The van der Waals surface area contributed by atoms with Crippen LogP contribution in [0.4, 0.5) is 0 Å². The van der Waals surface area contributed by atoms with E-state index >= 15 is 0 Å². The number of piperidine rings is 1. The van der Waals surface area contributed by atoms with Gasteiger partial charge in [-0.2, -0.15) is 5.10 Å². The molecule has 130 valence electrons. The zero-order chi connectivity index (χ0) is 17.1. The van der Waals surface area contributed by atoms with E-state index in [4.69, 9.17) is 0 Å². The first-order valence-corrected chi connectivity index (χ1v) is 9.02. The van der Waals surface area contributed by atoms with E-state index < -0.39 is 0 Å². The molecule has 0 bridgehead atoms. The number of aromatic nitrogens is 3. The van der Waals surface area contributed by atoms with Crippen molar-refractivity contribution in [2.75, 3.05) is 19.7 Å². The molecule has 1 aliphatic rings. The quantitative estimate of drug-likeness (QED) is 0.778. The predicted molar refractivity (Wildman–Crippen MR) is 98.3 cm³/mol. The van der Waals surface area contributed by atoms with Crippen molar-refractivity contribution in [2.45, 2.75) is 31.8 Å². The second-order valence-electron chi connectivity index (χ2n) is 6.75. The number of aliphatic hydroxyl groups excluding tert-OH is 1. The van der Waals surface area contributed by atoms with Crippen molar-refractivity contribution in [3.63, 3.8) is 0 Å². The van der Waals surface area contributed by atoms with E-state index in [2.05, 4.69) is 45.3 Å². The number of pyridine rings is 1. The molecule has 0 amide bonds. The van der Waals surface area contributed by atoms with E-state index in [0.29, 0.717) is 12.5 Å². The summed E-state index contributed by atoms with van der Waals surface area (Å²) >= 11 is 0. The molecule has 5 nitrogen and oxygen atoms in total. The Morgan fingerprint density at radius 3 is 2.72 bits per heavy atom. The molecule has 2 aromatic heterocycles. The van der Waals surface area contributed by atoms with Crippen LogP contribution in [0.1, 0.15) is 30.0 Å². The second kappa shape index (κ2) is 7.33. The van der Waals surface area contributed by atoms with Gasteiger partial charge in [-0.05, 0) is 43.6 Å². The predicted octanol–water partition coefficient (Wildman–Crippen LogP) is 2.80. The highest BCUT2D eigenvalue weighted by Gasteiger charge is 2.23. The summed E-state index contributed by atoms with van der Waals surface area (Å²) in [5.41, 5.74) is 3.69. The van der Waals surface area contributed by atoms with Crippen LogP contribution in [0, 0.1) is 0 Å². The number of nitrogens with zero attached hydrogens (tertiary/aromatic N) is 4. The zero-order valence-electron chi connectivity index (χ0n) is 14.4. The van der Waals surface area contributed by atoms with Crippen LogP contribution in [0.15, 0.2) is 48.8 Å². The average molecular weight is 336 g/mol. The molecular weight excluding hydrogens is 312 g/mol. The van der Waals surface area contributed by atoms with Crippen molar-refractivity contribution >= 4 is 10.9 Å². The molecule has 1 N–H and O–H groups in total. The van der Waals surface area contributed by atoms with Gasteiger partial charge in [0.1, 0.15) is 0 Å². The van der Waals surface area contributed by atoms with Gasteiger partial charge in [-0.3, -0.25) is 14.6 Å². The Morgan fingerprint density at radius 1 is 1.04 bits per heavy atom. The lowest BCUT2D eigenvalue weighted by Gasteiger charge is -2.32. The van der Waals surface area contributed by atoms with Gasteiger partial charge in [0.05, 0.1) is 18.7 Å². The summed E-state index contributed by atoms with van der Waals surface area (Å²) in [6, 6.07) is 12.7. The molecule has 1 aromatic carbocycles. The van der Waals surface area contributed by atoms with Crippen LogP contribution in [-0.2, 0) is 13.1 Å². The van der Waals surface area contributed by atoms with Crippen molar-refractivity contribution < 1.29 is 5.11 Å². The summed E-state index contributed by atoms with van der Waals surface area (Å²) in [6.07, 6.45) is 5.99. The third-order valence-corrected chi connectivity index (χ3v) is 5.18. The first kappa shape index (κ1) is 16.2. The van der Waals surface area contributed by atoms with Gasteiger partial charge in [-0.1, -0.05) is 24.3 Å². The van der Waals surface area contributed by atoms with Crippen LogP contribution in [0.5, 0.6) is 0 Å². The fourth-order valence-electron chi connectivity index (χ4n) is 3.89. The topological polar surface area (TPSA) is 54.2 Å². The van der Waals surface area contributed by atoms with Crippen LogP contribution in [0.25, 0.3) is 10.9 Å². The zero-order valence-corrected chi connectivity index (χ0v) is 14.4. The van der Waals surface area contributed by atoms with Crippen molar-refractivity contribution in [2.24, 2.45) is 0 Å². The molecule has 1 fully saturated rings. The van der Waals surface area contributed by atoms with Gasteiger partial charge < -0.3 is 5.11 Å². The van der Waals surface area contributed by atoms with Crippen LogP contribution < -0.4 is 0 Å². The summed E-state index contributed by atoms with van der Waals surface area (Å²) in [4.78, 5) is 7.09. The minimum Gasteiger partial charge on any atom is -0.394 e. The summed E-state index contributed by atoms with van der Waals surface area (Å²) in [7, 11) is 0. The lowest BCUT2D eigenvalue weighted by molar-refractivity contribution is 0.199. The Morgan fingerprint density at radius 2 is 1.88 bits per heavy atom. The van der Waals surface area contributed by atoms with E-state index in [9.17, 15) is 5.11 Å². The van der Waals surface area contributed by atoms with Crippen LogP contribution in [0.2, 0.25) is 0 Å². The van der Waals surface area contributed by atoms with Crippen molar-refractivity contribution in [3.8, 4) is 0 Å². The van der Waals surface area contributed by atoms with Crippen LogP contribution >= 0.6 is 0 Å². The molecule has 1 aliphatic heterocycles. The number of hydrogen-bond acceptors (Lipinski definition) is 4. The average Bonchev–Trinajstić information content (AvgIpc) is 3.11. The first-order chi connectivity index (χ1) is 12.3. The van der Waals surface area contributed by atoms with Gasteiger partial charge in [0.25, 0.3) is 0 Å².